The Hall–Kier alpha value is -0.650. The molecule has 0 heterocycles. The van der Waals surface area contributed by atoms with Crippen molar-refractivity contribution in [2.45, 2.75) is 24.9 Å². The standard InChI is InChI=1S/C11H24N2O3/c1-12(2)8-5-6-11(16,10(14)15)7-9-13(3)4/h16H,5-9H2,1-4H3,(H,14,15). The fourth-order valence-electron chi connectivity index (χ4n) is 1.44. The number of nitrogens with zero attached hydrogens (tertiary/aromatic N) is 2. The van der Waals surface area contributed by atoms with Gasteiger partial charge in [0.15, 0.2) is 5.60 Å². The van der Waals surface area contributed by atoms with E-state index >= 15 is 0 Å². The summed E-state index contributed by atoms with van der Waals surface area (Å²) < 4.78 is 0. The summed E-state index contributed by atoms with van der Waals surface area (Å²) in [5, 5.41) is 19.0. The lowest BCUT2D eigenvalue weighted by atomic mass is 9.93. The van der Waals surface area contributed by atoms with Crippen LogP contribution in [0.4, 0.5) is 0 Å². The second kappa shape index (κ2) is 6.83. The highest BCUT2D eigenvalue weighted by atomic mass is 16.4. The Morgan fingerprint density at radius 1 is 1.06 bits per heavy atom. The Balaban J connectivity index is 4.17. The minimum atomic E-state index is -1.58. The summed E-state index contributed by atoms with van der Waals surface area (Å²) in [7, 11) is 7.59. The highest BCUT2D eigenvalue weighted by Crippen LogP contribution is 2.18. The number of rotatable bonds is 8. The molecule has 0 spiro atoms. The molecule has 0 saturated heterocycles. The molecule has 5 heteroatoms. The van der Waals surface area contributed by atoms with Crippen LogP contribution in [-0.2, 0) is 4.79 Å². The Morgan fingerprint density at radius 3 is 1.94 bits per heavy atom. The van der Waals surface area contributed by atoms with Crippen molar-refractivity contribution in [1.82, 2.24) is 9.80 Å². The summed E-state index contributed by atoms with van der Waals surface area (Å²) in [4.78, 5) is 14.9. The van der Waals surface area contributed by atoms with Gasteiger partial charge in [0.25, 0.3) is 0 Å². The number of carboxylic acid groups (broad SMARTS) is 1. The number of carboxylic acids is 1. The lowest BCUT2D eigenvalue weighted by Crippen LogP contribution is -2.41. The van der Waals surface area contributed by atoms with Crippen LogP contribution < -0.4 is 0 Å². The number of carbonyl (C=O) groups is 1. The van der Waals surface area contributed by atoms with Crippen molar-refractivity contribution in [2.75, 3.05) is 41.3 Å². The Morgan fingerprint density at radius 2 is 1.56 bits per heavy atom. The maximum atomic E-state index is 11.0. The number of aliphatic carboxylic acids is 1. The maximum absolute atomic E-state index is 11.0. The number of hydrogen-bond acceptors (Lipinski definition) is 4. The average Bonchev–Trinajstić information content (AvgIpc) is 2.13. The molecule has 0 fully saturated rings. The van der Waals surface area contributed by atoms with Crippen LogP contribution in [0, 0.1) is 0 Å². The first-order valence-electron chi connectivity index (χ1n) is 5.53. The Kier molecular flexibility index (Phi) is 6.55. The molecule has 0 aromatic carbocycles. The van der Waals surface area contributed by atoms with E-state index in [1.54, 1.807) is 0 Å². The second-order valence-corrected chi connectivity index (χ2v) is 4.80. The van der Waals surface area contributed by atoms with Gasteiger partial charge in [0.2, 0.25) is 0 Å². The van der Waals surface area contributed by atoms with Crippen LogP contribution in [0.3, 0.4) is 0 Å². The highest BCUT2D eigenvalue weighted by molar-refractivity contribution is 5.77. The van der Waals surface area contributed by atoms with Crippen molar-refractivity contribution in [3.05, 3.63) is 0 Å². The van der Waals surface area contributed by atoms with Gasteiger partial charge in [-0.1, -0.05) is 0 Å². The summed E-state index contributed by atoms with van der Waals surface area (Å²) in [6.07, 6.45) is 1.25. The van der Waals surface area contributed by atoms with E-state index in [-0.39, 0.29) is 6.42 Å². The van der Waals surface area contributed by atoms with Crippen LogP contribution >= 0.6 is 0 Å². The van der Waals surface area contributed by atoms with Crippen LogP contribution in [0.5, 0.6) is 0 Å². The SMILES string of the molecule is CN(C)CCCC(O)(CCN(C)C)C(=O)O. The van der Waals surface area contributed by atoms with E-state index in [2.05, 4.69) is 0 Å². The van der Waals surface area contributed by atoms with Gasteiger partial charge in [0.1, 0.15) is 0 Å². The normalized spacial score (nSPS) is 15.4. The van der Waals surface area contributed by atoms with E-state index in [0.717, 1.165) is 6.54 Å². The molecule has 0 rings (SSSR count). The molecule has 0 aromatic rings. The summed E-state index contributed by atoms with van der Waals surface area (Å²) in [5.74, 6) is -1.12. The van der Waals surface area contributed by atoms with E-state index in [0.29, 0.717) is 19.4 Å². The first-order valence-corrected chi connectivity index (χ1v) is 5.53. The van der Waals surface area contributed by atoms with Crippen LogP contribution in [0.2, 0.25) is 0 Å². The summed E-state index contributed by atoms with van der Waals surface area (Å²) in [6.45, 7) is 1.36. The Bertz CT molecular complexity index is 219. The second-order valence-electron chi connectivity index (χ2n) is 4.80. The third kappa shape index (κ3) is 6.05. The third-order valence-electron chi connectivity index (χ3n) is 2.57. The van der Waals surface area contributed by atoms with E-state index in [1.165, 1.54) is 0 Å². The van der Waals surface area contributed by atoms with Crippen LogP contribution in [0.15, 0.2) is 0 Å². The van der Waals surface area contributed by atoms with Crippen molar-refractivity contribution < 1.29 is 15.0 Å². The average molecular weight is 232 g/mol. The molecule has 0 aromatic heterocycles. The molecule has 0 radical (unpaired) electrons. The molecule has 96 valence electrons. The van der Waals surface area contributed by atoms with Gasteiger partial charge in [-0.25, -0.2) is 4.79 Å². The van der Waals surface area contributed by atoms with Crippen LogP contribution in [0.25, 0.3) is 0 Å². The predicted molar refractivity (Wildman–Crippen MR) is 63.5 cm³/mol. The van der Waals surface area contributed by atoms with Crippen LogP contribution in [-0.4, -0.2) is 72.9 Å². The molecule has 0 bridgehead atoms. The topological polar surface area (TPSA) is 64.0 Å². The summed E-state index contributed by atoms with van der Waals surface area (Å²) >= 11 is 0. The van der Waals surface area contributed by atoms with Gasteiger partial charge in [-0.05, 0) is 54.0 Å². The van der Waals surface area contributed by atoms with E-state index < -0.39 is 11.6 Å². The minimum Gasteiger partial charge on any atom is -0.479 e. The first kappa shape index (κ1) is 15.3. The van der Waals surface area contributed by atoms with Crippen LogP contribution in [0.1, 0.15) is 19.3 Å². The highest BCUT2D eigenvalue weighted by Gasteiger charge is 2.34. The molecule has 0 aliphatic rings. The van der Waals surface area contributed by atoms with Gasteiger partial charge in [-0.15, -0.1) is 0 Å². The van der Waals surface area contributed by atoms with Crippen molar-refractivity contribution in [2.24, 2.45) is 0 Å². The largest absolute Gasteiger partial charge is 0.479 e. The summed E-state index contributed by atoms with van der Waals surface area (Å²) in [5.41, 5.74) is -1.58. The minimum absolute atomic E-state index is 0.267. The van der Waals surface area contributed by atoms with E-state index in [4.69, 9.17) is 5.11 Å². The molecule has 0 amide bonds. The number of aliphatic hydroxyl groups is 1. The zero-order valence-electron chi connectivity index (χ0n) is 10.7. The molecule has 2 N–H and O–H groups in total. The fraction of sp³-hybridized carbons (Fsp3) is 0.909. The zero-order valence-corrected chi connectivity index (χ0v) is 10.7. The maximum Gasteiger partial charge on any atom is 0.335 e. The van der Waals surface area contributed by atoms with Gasteiger partial charge in [-0.3, -0.25) is 0 Å². The molecule has 5 nitrogen and oxygen atoms in total. The fourth-order valence-corrected chi connectivity index (χ4v) is 1.44. The lowest BCUT2D eigenvalue weighted by molar-refractivity contribution is -0.160. The van der Waals surface area contributed by atoms with Gasteiger partial charge in [0.05, 0.1) is 0 Å². The van der Waals surface area contributed by atoms with Gasteiger partial charge < -0.3 is 20.0 Å². The van der Waals surface area contributed by atoms with Crippen molar-refractivity contribution >= 4 is 5.97 Å². The first-order chi connectivity index (χ1) is 7.28. The van der Waals surface area contributed by atoms with E-state index in [9.17, 15) is 9.90 Å². The van der Waals surface area contributed by atoms with Crippen molar-refractivity contribution in [3.8, 4) is 0 Å². The molecular weight excluding hydrogens is 208 g/mol. The molecule has 0 aliphatic carbocycles. The smallest absolute Gasteiger partial charge is 0.335 e. The molecule has 1 atom stereocenters. The molecule has 0 aliphatic heterocycles. The summed E-state index contributed by atoms with van der Waals surface area (Å²) in [6, 6.07) is 0. The van der Waals surface area contributed by atoms with Crippen molar-refractivity contribution in [1.29, 1.82) is 0 Å². The van der Waals surface area contributed by atoms with Gasteiger partial charge in [-0.2, -0.15) is 0 Å². The zero-order chi connectivity index (χ0) is 12.8. The lowest BCUT2D eigenvalue weighted by Gasteiger charge is -2.25. The van der Waals surface area contributed by atoms with Gasteiger partial charge >= 0.3 is 5.97 Å². The monoisotopic (exact) mass is 232 g/mol. The Labute approximate surface area is 97.7 Å². The predicted octanol–water partition coefficient (Wildman–Crippen LogP) is 0.0956. The van der Waals surface area contributed by atoms with Crippen molar-refractivity contribution in [3.63, 3.8) is 0 Å². The number of hydrogen-bond donors (Lipinski definition) is 2. The van der Waals surface area contributed by atoms with E-state index in [1.807, 2.05) is 38.0 Å². The third-order valence-corrected chi connectivity index (χ3v) is 2.57. The molecule has 0 saturated carbocycles. The quantitative estimate of drug-likeness (QED) is 0.621. The van der Waals surface area contributed by atoms with Gasteiger partial charge in [0, 0.05) is 6.54 Å². The molecule has 16 heavy (non-hydrogen) atoms. The molecule has 1 unspecified atom stereocenters. The molecular formula is C11H24N2O3.